The number of fused-ring (bicyclic) bond motifs is 1. The van der Waals surface area contributed by atoms with E-state index in [0.717, 1.165) is 75.4 Å². The molecule has 4 N–H and O–H groups in total. The van der Waals surface area contributed by atoms with Crippen LogP contribution in [0.15, 0.2) is 79.0 Å². The van der Waals surface area contributed by atoms with E-state index < -0.39 is 12.4 Å². The Bertz CT molecular complexity index is 1530. The number of para-hydroxylation sites is 1. The van der Waals surface area contributed by atoms with Gasteiger partial charge in [-0.15, -0.1) is 0 Å². The third-order valence-corrected chi connectivity index (χ3v) is 9.04. The molecule has 1 aromatic heterocycles. The SMILES string of the molecule is NC1(C(=O)NCCCn2cc(-c3ccc(OCF)cc3)c3cc(CN4CCN(c5ccccc5)CC4)ccc32)CCNCC1. The minimum absolute atomic E-state index is 0.0538. The largest absolute Gasteiger partial charge is 0.463 e. The lowest BCUT2D eigenvalue weighted by atomic mass is 9.88. The molecule has 2 saturated heterocycles. The fourth-order valence-electron chi connectivity index (χ4n) is 6.44. The number of hydrogen-bond donors (Lipinski definition) is 3. The number of nitrogens with two attached hydrogens (primary N) is 1. The second kappa shape index (κ2) is 13.8. The summed E-state index contributed by atoms with van der Waals surface area (Å²) in [6.45, 7) is 6.99. The van der Waals surface area contributed by atoms with Crippen molar-refractivity contribution in [3.05, 3.63) is 84.6 Å². The van der Waals surface area contributed by atoms with Crippen LogP contribution in [-0.4, -0.2) is 73.6 Å². The van der Waals surface area contributed by atoms with Crippen LogP contribution in [0.25, 0.3) is 22.0 Å². The van der Waals surface area contributed by atoms with E-state index in [4.69, 9.17) is 10.5 Å². The first-order valence-corrected chi connectivity index (χ1v) is 15.7. The minimum atomic E-state index is -0.847. The molecular formula is C35H43FN6O2. The lowest BCUT2D eigenvalue weighted by Crippen LogP contribution is -2.59. The Balaban J connectivity index is 1.16. The van der Waals surface area contributed by atoms with E-state index >= 15 is 0 Å². The highest BCUT2D eigenvalue weighted by molar-refractivity contribution is 5.96. The molecule has 232 valence electrons. The number of nitrogens with one attached hydrogen (secondary N) is 2. The molecular weight excluding hydrogens is 555 g/mol. The first kappa shape index (κ1) is 30.1. The van der Waals surface area contributed by atoms with Gasteiger partial charge in [0, 0.05) is 74.2 Å². The van der Waals surface area contributed by atoms with Crippen molar-refractivity contribution >= 4 is 22.5 Å². The van der Waals surface area contributed by atoms with E-state index in [1.807, 2.05) is 24.3 Å². The number of halogens is 1. The van der Waals surface area contributed by atoms with Gasteiger partial charge in [-0.1, -0.05) is 36.4 Å². The molecule has 3 aromatic carbocycles. The highest BCUT2D eigenvalue weighted by Crippen LogP contribution is 2.33. The van der Waals surface area contributed by atoms with Crippen molar-refractivity contribution in [2.24, 2.45) is 5.73 Å². The summed E-state index contributed by atoms with van der Waals surface area (Å²) in [5.41, 5.74) is 11.5. The fraction of sp³-hybridized carbons (Fsp3) is 0.400. The Kier molecular flexibility index (Phi) is 9.45. The van der Waals surface area contributed by atoms with Crippen molar-refractivity contribution in [1.29, 1.82) is 0 Å². The number of aromatic nitrogens is 1. The van der Waals surface area contributed by atoms with Crippen molar-refractivity contribution in [3.63, 3.8) is 0 Å². The molecule has 2 aliphatic heterocycles. The van der Waals surface area contributed by atoms with Crippen molar-refractivity contribution < 1.29 is 13.9 Å². The summed E-state index contributed by atoms with van der Waals surface area (Å²) >= 11 is 0. The van der Waals surface area contributed by atoms with Crippen molar-refractivity contribution in [2.45, 2.75) is 37.9 Å². The van der Waals surface area contributed by atoms with Gasteiger partial charge >= 0.3 is 0 Å². The zero-order valence-electron chi connectivity index (χ0n) is 25.3. The average Bonchev–Trinajstić information content (AvgIpc) is 3.42. The fourth-order valence-corrected chi connectivity index (χ4v) is 6.44. The van der Waals surface area contributed by atoms with Gasteiger partial charge in [0.2, 0.25) is 12.8 Å². The standard InChI is InChI=1S/C35H43FN6O2/c36-26-44-30-10-8-28(9-11-30)32-25-42(18-4-15-39-34(43)35(37)13-16-38-17-14-35)33-12-7-27(23-31(32)33)24-40-19-21-41(22-20-40)29-5-2-1-3-6-29/h1-3,5-12,23,25,38H,4,13-22,24,26,37H2,(H,39,43). The summed E-state index contributed by atoms with van der Waals surface area (Å²) in [4.78, 5) is 17.8. The first-order valence-electron chi connectivity index (χ1n) is 15.7. The van der Waals surface area contributed by atoms with Gasteiger partial charge in [0.1, 0.15) is 5.75 Å². The molecule has 0 saturated carbocycles. The monoisotopic (exact) mass is 598 g/mol. The van der Waals surface area contributed by atoms with Crippen LogP contribution < -0.4 is 26.0 Å². The molecule has 3 heterocycles. The van der Waals surface area contributed by atoms with E-state index in [1.165, 1.54) is 16.6 Å². The maximum Gasteiger partial charge on any atom is 0.240 e. The van der Waals surface area contributed by atoms with E-state index in [2.05, 4.69) is 79.7 Å². The maximum absolute atomic E-state index is 12.8. The van der Waals surface area contributed by atoms with Crippen LogP contribution in [0.3, 0.4) is 0 Å². The number of rotatable bonds is 11. The zero-order valence-corrected chi connectivity index (χ0v) is 25.3. The molecule has 8 nitrogen and oxygen atoms in total. The number of hydrogen-bond acceptors (Lipinski definition) is 6. The lowest BCUT2D eigenvalue weighted by molar-refractivity contribution is -0.127. The molecule has 0 radical (unpaired) electrons. The molecule has 2 aliphatic rings. The van der Waals surface area contributed by atoms with Gasteiger partial charge in [-0.3, -0.25) is 9.69 Å². The molecule has 1 amide bonds. The van der Waals surface area contributed by atoms with Crippen molar-refractivity contribution in [3.8, 4) is 16.9 Å². The molecule has 9 heteroatoms. The summed E-state index contributed by atoms with van der Waals surface area (Å²) in [6, 6.07) is 25.0. The molecule has 0 bridgehead atoms. The summed E-state index contributed by atoms with van der Waals surface area (Å²) < 4.78 is 20.0. The maximum atomic E-state index is 12.8. The highest BCUT2D eigenvalue weighted by Gasteiger charge is 2.34. The Morgan fingerprint density at radius 2 is 1.73 bits per heavy atom. The zero-order chi connectivity index (χ0) is 30.4. The molecule has 0 aliphatic carbocycles. The predicted octanol–water partition coefficient (Wildman–Crippen LogP) is 4.52. The Hall–Kier alpha value is -3.92. The molecule has 6 rings (SSSR count). The quantitative estimate of drug-likeness (QED) is 0.220. The van der Waals surface area contributed by atoms with Crippen molar-refractivity contribution in [1.82, 2.24) is 20.1 Å². The van der Waals surface area contributed by atoms with Gasteiger partial charge in [0.15, 0.2) is 0 Å². The van der Waals surface area contributed by atoms with Crippen LogP contribution in [0, 0.1) is 0 Å². The third kappa shape index (κ3) is 6.90. The number of ether oxygens (including phenoxy) is 1. The normalized spacial score (nSPS) is 17.1. The Morgan fingerprint density at radius 3 is 2.45 bits per heavy atom. The molecule has 2 fully saturated rings. The summed E-state index contributed by atoms with van der Waals surface area (Å²) in [5, 5.41) is 7.53. The molecule has 4 aromatic rings. The smallest absolute Gasteiger partial charge is 0.240 e. The van der Waals surface area contributed by atoms with E-state index in [9.17, 15) is 9.18 Å². The Morgan fingerprint density at radius 1 is 0.977 bits per heavy atom. The number of piperidine rings is 1. The number of piperazine rings is 1. The van der Waals surface area contributed by atoms with Gasteiger partial charge in [0.25, 0.3) is 0 Å². The van der Waals surface area contributed by atoms with Gasteiger partial charge < -0.3 is 30.6 Å². The van der Waals surface area contributed by atoms with Gasteiger partial charge in [-0.25, -0.2) is 4.39 Å². The second-order valence-electron chi connectivity index (χ2n) is 12.0. The third-order valence-electron chi connectivity index (χ3n) is 9.04. The van der Waals surface area contributed by atoms with Crippen molar-refractivity contribution in [2.75, 3.05) is 57.6 Å². The number of nitrogens with zero attached hydrogens (tertiary/aromatic N) is 3. The lowest BCUT2D eigenvalue weighted by Gasteiger charge is -2.36. The van der Waals surface area contributed by atoms with Crippen LogP contribution >= 0.6 is 0 Å². The summed E-state index contributed by atoms with van der Waals surface area (Å²) in [7, 11) is 0. The number of aryl methyl sites for hydroxylation is 1. The first-order chi connectivity index (χ1) is 21.5. The second-order valence-corrected chi connectivity index (χ2v) is 12.0. The molecule has 0 unspecified atom stereocenters. The molecule has 44 heavy (non-hydrogen) atoms. The molecule has 0 spiro atoms. The minimum Gasteiger partial charge on any atom is -0.463 e. The number of alkyl halides is 1. The Labute approximate surface area is 259 Å². The van der Waals surface area contributed by atoms with Crippen LogP contribution in [0.4, 0.5) is 10.1 Å². The number of anilines is 1. The summed E-state index contributed by atoms with van der Waals surface area (Å²) in [5.74, 6) is 0.458. The van der Waals surface area contributed by atoms with Gasteiger partial charge in [-0.2, -0.15) is 0 Å². The topological polar surface area (TPSA) is 87.8 Å². The van der Waals surface area contributed by atoms with E-state index in [1.54, 1.807) is 0 Å². The van der Waals surface area contributed by atoms with Crippen LogP contribution in [0.1, 0.15) is 24.8 Å². The number of carbonyl (C=O) groups is 1. The highest BCUT2D eigenvalue weighted by atomic mass is 19.1. The van der Waals surface area contributed by atoms with Crippen LogP contribution in [0.5, 0.6) is 5.75 Å². The molecule has 0 atom stereocenters. The van der Waals surface area contributed by atoms with Gasteiger partial charge in [-0.05, 0) is 79.9 Å². The van der Waals surface area contributed by atoms with E-state index in [-0.39, 0.29) is 5.91 Å². The number of carbonyl (C=O) groups excluding carboxylic acids is 1. The van der Waals surface area contributed by atoms with Crippen LogP contribution in [-0.2, 0) is 17.9 Å². The predicted molar refractivity (Wildman–Crippen MR) is 175 cm³/mol. The van der Waals surface area contributed by atoms with Crippen LogP contribution in [0.2, 0.25) is 0 Å². The van der Waals surface area contributed by atoms with E-state index in [0.29, 0.717) is 25.1 Å². The summed E-state index contributed by atoms with van der Waals surface area (Å²) in [6.07, 6.45) is 4.30. The number of benzene rings is 3. The number of amides is 1. The average molecular weight is 599 g/mol. The van der Waals surface area contributed by atoms with Gasteiger partial charge in [0.05, 0.1) is 5.54 Å².